The molecule has 1 aliphatic carbocycles. The molecule has 0 spiro atoms. The van der Waals surface area contributed by atoms with Gasteiger partial charge in [-0.3, -0.25) is 9.69 Å². The van der Waals surface area contributed by atoms with Gasteiger partial charge in [0, 0.05) is 11.7 Å². The molecular formula is C21H26N2O2. The Morgan fingerprint density at radius 3 is 2.48 bits per heavy atom. The van der Waals surface area contributed by atoms with Gasteiger partial charge in [0.25, 0.3) is 0 Å². The minimum atomic E-state index is -0.538. The number of anilines is 1. The number of likely N-dealkylation sites (N-methyl/N-ethyl adjacent to an activating group) is 1. The zero-order chi connectivity index (χ0) is 18.0. The number of fused-ring (bicyclic) bond motifs is 1. The van der Waals surface area contributed by atoms with E-state index >= 15 is 0 Å². The third kappa shape index (κ3) is 3.60. The Labute approximate surface area is 149 Å². The molecule has 132 valence electrons. The van der Waals surface area contributed by atoms with E-state index < -0.39 is 6.10 Å². The molecule has 2 aromatic rings. The van der Waals surface area contributed by atoms with E-state index in [9.17, 15) is 9.90 Å². The maximum atomic E-state index is 12.6. The van der Waals surface area contributed by atoms with Crippen LogP contribution in [0.5, 0.6) is 0 Å². The van der Waals surface area contributed by atoms with Crippen LogP contribution in [0.4, 0.5) is 5.69 Å². The number of carbonyl (C=O) groups excluding carboxylic acids is 1. The van der Waals surface area contributed by atoms with Crippen molar-refractivity contribution in [2.24, 2.45) is 0 Å². The number of rotatable bonds is 5. The molecule has 0 aliphatic heterocycles. The van der Waals surface area contributed by atoms with Gasteiger partial charge in [0.2, 0.25) is 5.91 Å². The van der Waals surface area contributed by atoms with Crippen molar-refractivity contribution in [2.45, 2.75) is 39.3 Å². The largest absolute Gasteiger partial charge is 0.387 e. The first-order chi connectivity index (χ1) is 12.0. The van der Waals surface area contributed by atoms with Crippen LogP contribution < -0.4 is 5.32 Å². The van der Waals surface area contributed by atoms with Gasteiger partial charge in [-0.2, -0.15) is 0 Å². The van der Waals surface area contributed by atoms with Crippen molar-refractivity contribution in [3.8, 4) is 0 Å². The maximum Gasteiger partial charge on any atom is 0.238 e. The van der Waals surface area contributed by atoms with E-state index in [0.717, 1.165) is 35.3 Å². The third-order valence-electron chi connectivity index (χ3n) is 5.13. The van der Waals surface area contributed by atoms with Crippen molar-refractivity contribution in [1.29, 1.82) is 0 Å². The highest BCUT2D eigenvalue weighted by Gasteiger charge is 2.35. The number of nitrogens with zero attached hydrogens (tertiary/aromatic N) is 1. The number of hydrogen-bond donors (Lipinski definition) is 2. The first-order valence-corrected chi connectivity index (χ1v) is 8.87. The van der Waals surface area contributed by atoms with Crippen LogP contribution in [0.25, 0.3) is 0 Å². The van der Waals surface area contributed by atoms with Crippen LogP contribution in [0.1, 0.15) is 35.3 Å². The van der Waals surface area contributed by atoms with Gasteiger partial charge in [0.15, 0.2) is 0 Å². The summed E-state index contributed by atoms with van der Waals surface area (Å²) >= 11 is 0. The van der Waals surface area contributed by atoms with Gasteiger partial charge >= 0.3 is 0 Å². The lowest BCUT2D eigenvalue weighted by Gasteiger charge is -2.29. The van der Waals surface area contributed by atoms with Gasteiger partial charge < -0.3 is 10.4 Å². The summed E-state index contributed by atoms with van der Waals surface area (Å²) in [5, 5.41) is 13.7. The summed E-state index contributed by atoms with van der Waals surface area (Å²) in [5.41, 5.74) is 5.17. The fourth-order valence-corrected chi connectivity index (χ4v) is 3.72. The minimum Gasteiger partial charge on any atom is -0.387 e. The molecule has 0 fully saturated rings. The molecule has 2 N–H and O–H groups in total. The van der Waals surface area contributed by atoms with Crippen molar-refractivity contribution < 1.29 is 9.90 Å². The Morgan fingerprint density at radius 1 is 1.16 bits per heavy atom. The Kier molecular flexibility index (Phi) is 5.21. The smallest absolute Gasteiger partial charge is 0.238 e. The topological polar surface area (TPSA) is 52.6 Å². The highest BCUT2D eigenvalue weighted by atomic mass is 16.3. The molecule has 0 heterocycles. The van der Waals surface area contributed by atoms with Crippen molar-refractivity contribution in [3.63, 3.8) is 0 Å². The quantitative estimate of drug-likeness (QED) is 0.880. The lowest BCUT2D eigenvalue weighted by atomic mass is 10.1. The number of hydrogen-bond acceptors (Lipinski definition) is 3. The molecule has 0 saturated heterocycles. The molecule has 1 aliphatic rings. The number of nitrogens with one attached hydrogen (secondary N) is 1. The van der Waals surface area contributed by atoms with E-state index in [2.05, 4.69) is 16.3 Å². The number of carbonyl (C=O) groups is 1. The fraction of sp³-hybridized carbons (Fsp3) is 0.381. The molecular weight excluding hydrogens is 312 g/mol. The van der Waals surface area contributed by atoms with E-state index in [1.807, 2.05) is 57.2 Å². The molecule has 0 saturated carbocycles. The predicted octanol–water partition coefficient (Wildman–Crippen LogP) is 3.22. The first-order valence-electron chi connectivity index (χ1n) is 8.87. The molecule has 4 heteroatoms. The maximum absolute atomic E-state index is 12.6. The van der Waals surface area contributed by atoms with Crippen molar-refractivity contribution in [1.82, 2.24) is 4.90 Å². The SMILES string of the molecule is CCN(CC(=O)Nc1c(C)cccc1C)C1Cc2ccccc2C1O. The highest BCUT2D eigenvalue weighted by Crippen LogP contribution is 2.34. The van der Waals surface area contributed by atoms with Crippen LogP contribution in [-0.4, -0.2) is 35.0 Å². The monoisotopic (exact) mass is 338 g/mol. The highest BCUT2D eigenvalue weighted by molar-refractivity contribution is 5.93. The van der Waals surface area contributed by atoms with E-state index in [-0.39, 0.29) is 18.5 Å². The van der Waals surface area contributed by atoms with Gasteiger partial charge in [-0.15, -0.1) is 0 Å². The van der Waals surface area contributed by atoms with Crippen LogP contribution in [0.3, 0.4) is 0 Å². The second-order valence-electron chi connectivity index (χ2n) is 6.79. The lowest BCUT2D eigenvalue weighted by Crippen LogP contribution is -2.43. The summed E-state index contributed by atoms with van der Waals surface area (Å²) in [6, 6.07) is 13.9. The van der Waals surface area contributed by atoms with Gasteiger partial charge in [-0.05, 0) is 49.1 Å². The average Bonchev–Trinajstić information content (AvgIpc) is 2.93. The summed E-state index contributed by atoms with van der Waals surface area (Å²) in [5.74, 6) is -0.0394. The van der Waals surface area contributed by atoms with Gasteiger partial charge in [0.1, 0.15) is 0 Å². The van der Waals surface area contributed by atoms with Crippen LogP contribution in [0.15, 0.2) is 42.5 Å². The molecule has 0 aromatic heterocycles. The zero-order valence-corrected chi connectivity index (χ0v) is 15.1. The number of para-hydroxylation sites is 1. The van der Waals surface area contributed by atoms with E-state index in [4.69, 9.17) is 0 Å². The normalized spacial score (nSPS) is 19.1. The molecule has 2 atom stereocenters. The predicted molar refractivity (Wildman–Crippen MR) is 101 cm³/mol. The minimum absolute atomic E-state index is 0.0394. The molecule has 0 bridgehead atoms. The van der Waals surface area contributed by atoms with Crippen LogP contribution in [-0.2, 0) is 11.2 Å². The summed E-state index contributed by atoms with van der Waals surface area (Å²) < 4.78 is 0. The van der Waals surface area contributed by atoms with Crippen LogP contribution in [0.2, 0.25) is 0 Å². The van der Waals surface area contributed by atoms with Gasteiger partial charge in [-0.25, -0.2) is 0 Å². The summed E-state index contributed by atoms with van der Waals surface area (Å²) in [4.78, 5) is 14.7. The summed E-state index contributed by atoms with van der Waals surface area (Å²) in [6.45, 7) is 7.02. The molecule has 25 heavy (non-hydrogen) atoms. The summed E-state index contributed by atoms with van der Waals surface area (Å²) in [7, 11) is 0. The van der Waals surface area contributed by atoms with E-state index in [0.29, 0.717) is 0 Å². The number of aliphatic hydroxyl groups is 1. The standard InChI is InChI=1S/C21H26N2O2/c1-4-23(18-12-16-10-5-6-11-17(16)21(18)25)13-19(24)22-20-14(2)8-7-9-15(20)3/h5-11,18,21,25H,4,12-13H2,1-3H3,(H,22,24). The molecule has 1 amide bonds. The molecule has 4 nitrogen and oxygen atoms in total. The number of benzene rings is 2. The Hall–Kier alpha value is -2.17. The number of amides is 1. The molecule has 2 aromatic carbocycles. The van der Waals surface area contributed by atoms with Crippen molar-refractivity contribution in [3.05, 3.63) is 64.7 Å². The number of aryl methyl sites for hydroxylation is 2. The van der Waals surface area contributed by atoms with Crippen molar-refractivity contribution >= 4 is 11.6 Å². The molecule has 3 rings (SSSR count). The van der Waals surface area contributed by atoms with Crippen LogP contribution >= 0.6 is 0 Å². The number of aliphatic hydroxyl groups excluding tert-OH is 1. The lowest BCUT2D eigenvalue weighted by molar-refractivity contribution is -0.118. The van der Waals surface area contributed by atoms with E-state index in [1.165, 1.54) is 5.56 Å². The Balaban J connectivity index is 1.70. The zero-order valence-electron chi connectivity index (χ0n) is 15.1. The van der Waals surface area contributed by atoms with Crippen LogP contribution in [0, 0.1) is 13.8 Å². The fourth-order valence-electron chi connectivity index (χ4n) is 3.72. The summed E-state index contributed by atoms with van der Waals surface area (Å²) in [6.07, 6.45) is 0.242. The Bertz CT molecular complexity index is 752. The Morgan fingerprint density at radius 2 is 1.84 bits per heavy atom. The van der Waals surface area contributed by atoms with E-state index in [1.54, 1.807) is 0 Å². The molecule has 0 radical (unpaired) electrons. The first kappa shape index (κ1) is 17.6. The van der Waals surface area contributed by atoms with Gasteiger partial charge in [0.05, 0.1) is 12.6 Å². The average molecular weight is 338 g/mol. The van der Waals surface area contributed by atoms with Gasteiger partial charge in [-0.1, -0.05) is 49.4 Å². The second-order valence-corrected chi connectivity index (χ2v) is 6.79. The van der Waals surface area contributed by atoms with Crippen molar-refractivity contribution in [2.75, 3.05) is 18.4 Å². The second kappa shape index (κ2) is 7.38. The third-order valence-corrected chi connectivity index (χ3v) is 5.13. The molecule has 2 unspecified atom stereocenters.